The van der Waals surface area contributed by atoms with E-state index in [0.29, 0.717) is 5.56 Å². The predicted octanol–water partition coefficient (Wildman–Crippen LogP) is 3.11. The van der Waals surface area contributed by atoms with Crippen molar-refractivity contribution in [2.24, 2.45) is 0 Å². The minimum atomic E-state index is -0.830. The predicted molar refractivity (Wildman–Crippen MR) is 60.9 cm³/mol. The lowest BCUT2D eigenvalue weighted by Crippen LogP contribution is -2.02. The van der Waals surface area contributed by atoms with Crippen LogP contribution >= 0.6 is 0 Å². The molecule has 0 amide bonds. The van der Waals surface area contributed by atoms with Gasteiger partial charge in [-0.1, -0.05) is 60.7 Å². The highest BCUT2D eigenvalue weighted by atomic mass is 16.1. The lowest BCUT2D eigenvalue weighted by molar-refractivity contribution is 0.0993. The van der Waals surface area contributed by atoms with Gasteiger partial charge in [0.1, 0.15) is 0 Å². The molecular weight excluding hydrogens is 184 g/mol. The normalized spacial score (nSPS) is 12.9. The van der Waals surface area contributed by atoms with Crippen LogP contribution in [0, 0.1) is 0 Å². The van der Waals surface area contributed by atoms with Crippen LogP contribution in [0.15, 0.2) is 60.7 Å². The molecule has 0 fully saturated rings. The molecule has 0 bridgehead atoms. The summed E-state index contributed by atoms with van der Waals surface area (Å²) in [5.74, 6) is -0.160. The summed E-state index contributed by atoms with van der Waals surface area (Å²) in [5.41, 5.74) is 1.32. The zero-order chi connectivity index (χ0) is 11.4. The van der Waals surface area contributed by atoms with Crippen molar-refractivity contribution < 1.29 is 6.17 Å². The van der Waals surface area contributed by atoms with Crippen molar-refractivity contribution in [2.45, 2.75) is 6.40 Å². The van der Waals surface area contributed by atoms with E-state index in [1.807, 2.05) is 36.4 Å². The quantitative estimate of drug-likeness (QED) is 0.691. The number of Topliss-reactive ketones (excluding diaryl/α,β-unsaturated/α-hetero) is 1. The molecule has 0 saturated carbocycles. The smallest absolute Gasteiger partial charge is 0.167 e. The van der Waals surface area contributed by atoms with Gasteiger partial charge in [-0.2, -0.15) is 0 Å². The first kappa shape index (κ1) is 8.42. The van der Waals surface area contributed by atoms with E-state index in [-0.39, 0.29) is 5.78 Å². The Morgan fingerprint density at radius 1 is 0.933 bits per heavy atom. The fraction of sp³-hybridized carbons (Fsp3) is 0.0714. The lowest BCUT2D eigenvalue weighted by Gasteiger charge is -2.00. The van der Waals surface area contributed by atoms with E-state index in [1.165, 1.54) is 0 Å². The Labute approximate surface area is 90.8 Å². The van der Waals surface area contributed by atoms with Gasteiger partial charge >= 0.3 is 0 Å². The minimum absolute atomic E-state index is 0.160. The third kappa shape index (κ3) is 2.53. The van der Waals surface area contributed by atoms with Crippen molar-refractivity contribution in [1.82, 2.24) is 0 Å². The third-order valence-electron chi connectivity index (χ3n) is 2.16. The van der Waals surface area contributed by atoms with Crippen LogP contribution in [0.5, 0.6) is 0 Å². The molecule has 1 atom stereocenters. The van der Waals surface area contributed by atoms with Gasteiger partial charge in [0.15, 0.2) is 5.78 Å². The summed E-state index contributed by atoms with van der Waals surface area (Å²) < 4.78 is 7.91. The monoisotopic (exact) mass is 197 g/mol. The second-order valence-electron chi connectivity index (χ2n) is 3.29. The zero-order valence-corrected chi connectivity index (χ0v) is 8.26. The lowest BCUT2D eigenvalue weighted by atomic mass is 10.0. The van der Waals surface area contributed by atoms with Gasteiger partial charge in [-0.25, -0.2) is 0 Å². The number of ketones is 1. The average Bonchev–Trinajstić information content (AvgIpc) is 2.39. The summed E-state index contributed by atoms with van der Waals surface area (Å²) in [4.78, 5) is 12.0. The van der Waals surface area contributed by atoms with E-state index < -0.39 is 6.40 Å². The van der Waals surface area contributed by atoms with Crippen molar-refractivity contribution in [2.75, 3.05) is 0 Å². The molecule has 0 saturated heterocycles. The van der Waals surface area contributed by atoms with Crippen molar-refractivity contribution in [3.63, 3.8) is 0 Å². The van der Waals surface area contributed by atoms with E-state index >= 15 is 0 Å². The summed E-state index contributed by atoms with van der Waals surface area (Å²) in [7, 11) is 0. The third-order valence-corrected chi connectivity index (χ3v) is 2.16. The van der Waals surface area contributed by atoms with Crippen molar-refractivity contribution in [1.29, 1.82) is 0 Å². The maximum Gasteiger partial charge on any atom is 0.167 e. The maximum absolute atomic E-state index is 12.0. The van der Waals surface area contributed by atoms with Gasteiger partial charge in [0.2, 0.25) is 0 Å². The molecule has 0 aromatic heterocycles. The summed E-state index contributed by atoms with van der Waals surface area (Å²) in [6, 6.07) is 18.1. The molecular formula is C14H12O. The first-order valence-electron chi connectivity index (χ1n) is 5.43. The summed E-state index contributed by atoms with van der Waals surface area (Å²) >= 11 is 0. The topological polar surface area (TPSA) is 17.1 Å². The van der Waals surface area contributed by atoms with Crippen molar-refractivity contribution in [3.05, 3.63) is 71.8 Å². The van der Waals surface area contributed by atoms with Gasteiger partial charge < -0.3 is 0 Å². The van der Waals surface area contributed by atoms with Gasteiger partial charge in [0.25, 0.3) is 0 Å². The molecule has 74 valence electrons. The Morgan fingerprint density at radius 3 is 2.07 bits per heavy atom. The van der Waals surface area contributed by atoms with Crippen LogP contribution in [0.25, 0.3) is 0 Å². The van der Waals surface area contributed by atoms with Crippen LogP contribution in [-0.4, -0.2) is 5.78 Å². The fourth-order valence-corrected chi connectivity index (χ4v) is 1.39. The van der Waals surface area contributed by atoms with Gasteiger partial charge in [-0.05, 0) is 5.56 Å². The van der Waals surface area contributed by atoms with Crippen LogP contribution in [-0.2, 0) is 6.40 Å². The molecule has 0 heterocycles. The molecule has 0 aliphatic carbocycles. The molecule has 0 aliphatic rings. The number of carbonyl (C=O) groups excluding carboxylic acids is 1. The number of hydrogen-bond acceptors (Lipinski definition) is 1. The van der Waals surface area contributed by atoms with Crippen molar-refractivity contribution >= 4 is 5.78 Å². The Morgan fingerprint density at radius 2 is 1.47 bits per heavy atom. The van der Waals surface area contributed by atoms with Crippen LogP contribution in [0.1, 0.15) is 17.3 Å². The zero-order valence-electron chi connectivity index (χ0n) is 9.26. The van der Waals surface area contributed by atoms with Crippen LogP contribution in [0.3, 0.4) is 0 Å². The Bertz CT molecular complexity index is 465. The second kappa shape index (κ2) is 4.56. The summed E-state index contributed by atoms with van der Waals surface area (Å²) in [6.07, 6.45) is -0.830. The molecule has 2 aromatic carbocycles. The van der Waals surface area contributed by atoms with Crippen LogP contribution < -0.4 is 0 Å². The van der Waals surface area contributed by atoms with E-state index in [4.69, 9.17) is 1.37 Å². The van der Waals surface area contributed by atoms with E-state index in [9.17, 15) is 4.79 Å². The molecule has 15 heavy (non-hydrogen) atoms. The van der Waals surface area contributed by atoms with Gasteiger partial charge in [0, 0.05) is 13.3 Å². The van der Waals surface area contributed by atoms with Crippen LogP contribution in [0.4, 0.5) is 0 Å². The maximum atomic E-state index is 12.0. The molecule has 0 unspecified atom stereocenters. The number of hydrogen-bond donors (Lipinski definition) is 0. The highest BCUT2D eigenvalue weighted by molar-refractivity contribution is 5.97. The van der Waals surface area contributed by atoms with Gasteiger partial charge in [-0.3, -0.25) is 4.79 Å². The highest BCUT2D eigenvalue weighted by Gasteiger charge is 2.05. The second-order valence-corrected chi connectivity index (χ2v) is 3.29. The Kier molecular flexibility index (Phi) is 2.56. The molecule has 1 heteroatoms. The van der Waals surface area contributed by atoms with Crippen LogP contribution in [0.2, 0.25) is 0 Å². The number of rotatable bonds is 3. The molecule has 0 spiro atoms. The van der Waals surface area contributed by atoms with E-state index in [1.54, 1.807) is 24.3 Å². The fourth-order valence-electron chi connectivity index (χ4n) is 1.39. The standard InChI is InChI=1S/C14H12O/c15-14(13-9-5-2-6-10-13)11-12-7-3-1-4-8-12/h1-10H,11H2/i11D/t11-/m1/s1. The molecule has 0 aliphatic heterocycles. The Balaban J connectivity index is 2.24. The van der Waals surface area contributed by atoms with Crippen molar-refractivity contribution in [3.8, 4) is 0 Å². The summed E-state index contributed by atoms with van der Waals surface area (Å²) in [6.45, 7) is 0. The van der Waals surface area contributed by atoms with Gasteiger partial charge in [0.05, 0.1) is 0 Å². The SMILES string of the molecule is [2H][C@@H](C(=O)c1ccccc1)c1ccccc1. The average molecular weight is 197 g/mol. The molecule has 0 N–H and O–H groups in total. The highest BCUT2D eigenvalue weighted by Crippen LogP contribution is 2.06. The molecule has 2 rings (SSSR count). The van der Waals surface area contributed by atoms with E-state index in [2.05, 4.69) is 0 Å². The molecule has 0 radical (unpaired) electrons. The molecule has 1 nitrogen and oxygen atoms in total. The number of carbonyl (C=O) groups is 1. The molecule has 2 aromatic rings. The van der Waals surface area contributed by atoms with Gasteiger partial charge in [-0.15, -0.1) is 0 Å². The summed E-state index contributed by atoms with van der Waals surface area (Å²) in [5, 5.41) is 0. The largest absolute Gasteiger partial charge is 0.294 e. The number of benzene rings is 2. The Hall–Kier alpha value is -1.89. The minimum Gasteiger partial charge on any atom is -0.294 e. The first-order valence-corrected chi connectivity index (χ1v) is 4.85. The first-order chi connectivity index (χ1) is 7.79. The van der Waals surface area contributed by atoms with E-state index in [0.717, 1.165) is 5.56 Å².